The van der Waals surface area contributed by atoms with Gasteiger partial charge in [-0.25, -0.2) is 0 Å². The Labute approximate surface area is 160 Å². The quantitative estimate of drug-likeness (QED) is 0.772. The lowest BCUT2D eigenvalue weighted by atomic mass is 9.99. The third-order valence-corrected chi connectivity index (χ3v) is 5.59. The van der Waals surface area contributed by atoms with Gasteiger partial charge < -0.3 is 20.1 Å². The number of hydrogen-bond donors (Lipinski definition) is 2. The van der Waals surface area contributed by atoms with Gasteiger partial charge in [-0.05, 0) is 37.8 Å². The summed E-state index contributed by atoms with van der Waals surface area (Å²) in [7, 11) is 0. The Morgan fingerprint density at radius 2 is 2.00 bits per heavy atom. The maximum Gasteiger partial charge on any atom is 0.240 e. The van der Waals surface area contributed by atoms with Gasteiger partial charge >= 0.3 is 0 Å². The molecule has 2 amide bonds. The molecule has 0 spiro atoms. The van der Waals surface area contributed by atoms with Crippen LogP contribution in [0.5, 0.6) is 11.5 Å². The lowest BCUT2D eigenvalue weighted by Crippen LogP contribution is -2.28. The van der Waals surface area contributed by atoms with E-state index in [1.165, 1.54) is 18.2 Å². The molecule has 1 aromatic carbocycles. The molecule has 0 aromatic heterocycles. The predicted molar refractivity (Wildman–Crippen MR) is 103 cm³/mol. The minimum Gasteiger partial charge on any atom is -0.454 e. The van der Waals surface area contributed by atoms with Gasteiger partial charge in [-0.3, -0.25) is 9.59 Å². The largest absolute Gasteiger partial charge is 0.454 e. The van der Waals surface area contributed by atoms with Gasteiger partial charge in [-0.1, -0.05) is 18.2 Å². The average molecular weight is 388 g/mol. The van der Waals surface area contributed by atoms with Crippen molar-refractivity contribution >= 4 is 40.1 Å². The van der Waals surface area contributed by atoms with Crippen LogP contribution in [-0.4, -0.2) is 34.7 Å². The standard InChI is InChI=1S/C18H20N4O4S/c23-16(19-12-6-7-13-14(8-12)26-10-25-13)9-15-17(24)20-18(27-15)22-21-11-4-2-1-3-5-11/h6-8,15H,1-5,9-10H2,(H,19,23)(H,20,22,24). The van der Waals surface area contributed by atoms with E-state index in [1.54, 1.807) is 18.2 Å². The second kappa shape index (κ2) is 7.99. The fourth-order valence-corrected chi connectivity index (χ4v) is 4.03. The number of amides is 2. The highest BCUT2D eigenvalue weighted by molar-refractivity contribution is 8.15. The molecule has 27 heavy (non-hydrogen) atoms. The summed E-state index contributed by atoms with van der Waals surface area (Å²) in [5.41, 5.74) is 1.68. The van der Waals surface area contributed by atoms with Crippen LogP contribution >= 0.6 is 11.8 Å². The van der Waals surface area contributed by atoms with Crippen LogP contribution in [0.1, 0.15) is 38.5 Å². The van der Waals surface area contributed by atoms with E-state index < -0.39 is 5.25 Å². The lowest BCUT2D eigenvalue weighted by molar-refractivity contribution is -0.122. The zero-order chi connectivity index (χ0) is 18.6. The molecule has 1 saturated carbocycles. The number of nitrogens with zero attached hydrogens (tertiary/aromatic N) is 2. The summed E-state index contributed by atoms with van der Waals surface area (Å²) in [6, 6.07) is 5.18. The van der Waals surface area contributed by atoms with Gasteiger partial charge in [0.05, 0.1) is 0 Å². The number of hydrogen-bond acceptors (Lipinski definition) is 7. The van der Waals surface area contributed by atoms with E-state index in [0.29, 0.717) is 22.4 Å². The number of fused-ring (bicyclic) bond motifs is 1. The molecule has 8 nitrogen and oxygen atoms in total. The first-order valence-electron chi connectivity index (χ1n) is 8.98. The van der Waals surface area contributed by atoms with Crippen LogP contribution in [0.3, 0.4) is 0 Å². The van der Waals surface area contributed by atoms with E-state index in [-0.39, 0.29) is 25.0 Å². The van der Waals surface area contributed by atoms with Gasteiger partial charge in [-0.15, -0.1) is 5.10 Å². The van der Waals surface area contributed by atoms with Crippen LogP contribution in [0, 0.1) is 0 Å². The van der Waals surface area contributed by atoms with Gasteiger partial charge in [0.25, 0.3) is 0 Å². The summed E-state index contributed by atoms with van der Waals surface area (Å²) in [4.78, 5) is 24.4. The van der Waals surface area contributed by atoms with Gasteiger partial charge in [-0.2, -0.15) is 5.10 Å². The van der Waals surface area contributed by atoms with Crippen LogP contribution in [0.2, 0.25) is 0 Å². The van der Waals surface area contributed by atoms with Crippen molar-refractivity contribution in [3.63, 3.8) is 0 Å². The normalized spacial score (nSPS) is 22.7. The maximum atomic E-state index is 12.3. The van der Waals surface area contributed by atoms with Gasteiger partial charge in [0.2, 0.25) is 18.6 Å². The summed E-state index contributed by atoms with van der Waals surface area (Å²) in [5, 5.41) is 13.8. The molecule has 0 radical (unpaired) electrons. The van der Waals surface area contributed by atoms with Crippen molar-refractivity contribution < 1.29 is 19.1 Å². The Balaban J connectivity index is 1.32. The molecule has 9 heteroatoms. The van der Waals surface area contributed by atoms with Crippen molar-refractivity contribution in [2.75, 3.05) is 12.1 Å². The number of ether oxygens (including phenoxy) is 2. The molecule has 2 N–H and O–H groups in total. The Morgan fingerprint density at radius 1 is 1.19 bits per heavy atom. The van der Waals surface area contributed by atoms with Crippen LogP contribution in [0.15, 0.2) is 28.4 Å². The highest BCUT2D eigenvalue weighted by Crippen LogP contribution is 2.34. The smallest absolute Gasteiger partial charge is 0.240 e. The Morgan fingerprint density at radius 3 is 2.85 bits per heavy atom. The summed E-state index contributed by atoms with van der Waals surface area (Å²) < 4.78 is 10.5. The summed E-state index contributed by atoms with van der Waals surface area (Å²) >= 11 is 1.24. The summed E-state index contributed by atoms with van der Waals surface area (Å²) in [5.74, 6) is 0.779. The minimum atomic E-state index is -0.510. The van der Waals surface area contributed by atoms with E-state index in [2.05, 4.69) is 20.8 Å². The molecule has 4 rings (SSSR count). The number of nitrogens with one attached hydrogen (secondary N) is 2. The highest BCUT2D eigenvalue weighted by atomic mass is 32.2. The Kier molecular flexibility index (Phi) is 5.28. The van der Waals surface area contributed by atoms with Crippen molar-refractivity contribution in [3.8, 4) is 11.5 Å². The first-order valence-corrected chi connectivity index (χ1v) is 9.86. The topological polar surface area (TPSA) is 101 Å². The van der Waals surface area contributed by atoms with Crippen molar-refractivity contribution in [1.82, 2.24) is 5.32 Å². The molecule has 1 aromatic rings. The first kappa shape index (κ1) is 17.8. The Bertz CT molecular complexity index is 816. The molecule has 1 atom stereocenters. The third kappa shape index (κ3) is 4.41. The van der Waals surface area contributed by atoms with Crippen LogP contribution < -0.4 is 20.1 Å². The fraction of sp³-hybridized carbons (Fsp3) is 0.444. The molecule has 1 saturated heterocycles. The number of benzene rings is 1. The van der Waals surface area contributed by atoms with Gasteiger partial charge in [0.1, 0.15) is 5.25 Å². The van der Waals surface area contributed by atoms with E-state index >= 15 is 0 Å². The minimum absolute atomic E-state index is 0.0561. The summed E-state index contributed by atoms with van der Waals surface area (Å²) in [6.45, 7) is 0.178. The maximum absolute atomic E-state index is 12.3. The van der Waals surface area contributed by atoms with Crippen molar-refractivity contribution in [2.24, 2.45) is 10.2 Å². The molecule has 1 unspecified atom stereocenters. The number of thioether (sulfide) groups is 1. The second-order valence-corrected chi connectivity index (χ2v) is 7.74. The SMILES string of the molecule is O=C(CC1S/C(=N/N=C2CCCCC2)NC1=O)Nc1ccc2c(c1)OCO2. The number of carbonyl (C=O) groups is 2. The van der Waals surface area contributed by atoms with Crippen molar-refractivity contribution in [1.29, 1.82) is 0 Å². The van der Waals surface area contributed by atoms with E-state index in [1.807, 2.05) is 0 Å². The monoisotopic (exact) mass is 388 g/mol. The molecule has 3 aliphatic rings. The molecule has 142 valence electrons. The average Bonchev–Trinajstić information content (AvgIpc) is 3.27. The number of rotatable bonds is 4. The molecule has 0 bridgehead atoms. The van der Waals surface area contributed by atoms with E-state index in [9.17, 15) is 9.59 Å². The van der Waals surface area contributed by atoms with Crippen molar-refractivity contribution in [2.45, 2.75) is 43.8 Å². The number of anilines is 1. The lowest BCUT2D eigenvalue weighted by Gasteiger charge is -2.10. The molecule has 1 aliphatic carbocycles. The van der Waals surface area contributed by atoms with Gasteiger partial charge in [0, 0.05) is 23.9 Å². The fourth-order valence-electron chi connectivity index (χ4n) is 3.12. The third-order valence-electron chi connectivity index (χ3n) is 4.52. The summed E-state index contributed by atoms with van der Waals surface area (Å²) in [6.07, 6.45) is 5.52. The second-order valence-electron chi connectivity index (χ2n) is 6.55. The van der Waals surface area contributed by atoms with Crippen molar-refractivity contribution in [3.05, 3.63) is 18.2 Å². The molecular weight excluding hydrogens is 368 g/mol. The van der Waals surface area contributed by atoms with E-state index in [0.717, 1.165) is 31.4 Å². The zero-order valence-electron chi connectivity index (χ0n) is 14.7. The van der Waals surface area contributed by atoms with Gasteiger partial charge in [0.15, 0.2) is 16.7 Å². The van der Waals surface area contributed by atoms with Crippen LogP contribution in [-0.2, 0) is 9.59 Å². The first-order chi connectivity index (χ1) is 13.2. The van der Waals surface area contributed by atoms with E-state index in [4.69, 9.17) is 9.47 Å². The molecule has 2 fully saturated rings. The highest BCUT2D eigenvalue weighted by Gasteiger charge is 2.32. The zero-order valence-corrected chi connectivity index (χ0v) is 15.5. The number of amidine groups is 1. The number of carbonyl (C=O) groups excluding carboxylic acids is 2. The Hall–Kier alpha value is -2.55. The van der Waals surface area contributed by atoms with Crippen LogP contribution in [0.25, 0.3) is 0 Å². The predicted octanol–water partition coefficient (Wildman–Crippen LogP) is 2.65. The molecular formula is C18H20N4O4S. The molecule has 2 heterocycles. The molecule has 2 aliphatic heterocycles. The van der Waals surface area contributed by atoms with Crippen LogP contribution in [0.4, 0.5) is 5.69 Å².